The number of ether oxygens (including phenoxy) is 1. The number of aryl methyl sites for hydroxylation is 3. The van der Waals surface area contributed by atoms with Gasteiger partial charge in [0.05, 0.1) is 24.5 Å². The molecule has 0 aliphatic heterocycles. The number of anilines is 1. The molecule has 1 aliphatic rings. The van der Waals surface area contributed by atoms with Crippen LogP contribution in [0.5, 0.6) is 5.88 Å². The second kappa shape index (κ2) is 6.90. The van der Waals surface area contributed by atoms with E-state index in [0.29, 0.717) is 36.6 Å². The van der Waals surface area contributed by atoms with Gasteiger partial charge in [0.15, 0.2) is 0 Å². The maximum Gasteiger partial charge on any atom is 0.290 e. The Balaban J connectivity index is 1.39. The molecule has 0 aromatic carbocycles. The van der Waals surface area contributed by atoms with Crippen LogP contribution in [0.3, 0.4) is 0 Å². The van der Waals surface area contributed by atoms with Gasteiger partial charge in [0, 0.05) is 51.4 Å². The van der Waals surface area contributed by atoms with E-state index in [-0.39, 0.29) is 5.56 Å². The summed E-state index contributed by atoms with van der Waals surface area (Å²) < 4.78 is 10.7. The Bertz CT molecular complexity index is 1000. The van der Waals surface area contributed by atoms with Gasteiger partial charge in [-0.05, 0) is 18.6 Å². The molecule has 142 valence electrons. The second-order valence-corrected chi connectivity index (χ2v) is 6.95. The van der Waals surface area contributed by atoms with Crippen LogP contribution in [0, 0.1) is 5.92 Å². The van der Waals surface area contributed by atoms with Crippen molar-refractivity contribution in [2.75, 3.05) is 11.9 Å². The first-order valence-electron chi connectivity index (χ1n) is 8.92. The molecule has 0 bridgehead atoms. The number of nitrogens with one attached hydrogen (secondary N) is 1. The van der Waals surface area contributed by atoms with E-state index < -0.39 is 0 Å². The van der Waals surface area contributed by atoms with Gasteiger partial charge in [-0.1, -0.05) is 0 Å². The standard InChI is InChI=1S/C18H23N7O2/c1-23-7-5-15(21-23)14-8-12(14)11-27-17-9-16(18(26)25(3)22-17)19-10-13-4-6-20-24(13)2/h4-7,9,12,14,19H,8,10-11H2,1-3H3/t12-,14+/m1/s1. The molecule has 1 aliphatic carbocycles. The predicted octanol–water partition coefficient (Wildman–Crippen LogP) is 1.04. The maximum atomic E-state index is 12.3. The fraction of sp³-hybridized carbons (Fsp3) is 0.444. The fourth-order valence-electron chi connectivity index (χ4n) is 3.16. The van der Waals surface area contributed by atoms with Crippen molar-refractivity contribution in [3.8, 4) is 5.88 Å². The van der Waals surface area contributed by atoms with E-state index in [2.05, 4.69) is 26.7 Å². The van der Waals surface area contributed by atoms with Crippen LogP contribution in [0.25, 0.3) is 0 Å². The molecule has 1 N–H and O–H groups in total. The van der Waals surface area contributed by atoms with Crippen molar-refractivity contribution >= 4 is 5.69 Å². The molecule has 3 aromatic heterocycles. The van der Waals surface area contributed by atoms with Crippen molar-refractivity contribution in [3.63, 3.8) is 0 Å². The van der Waals surface area contributed by atoms with Crippen molar-refractivity contribution in [1.82, 2.24) is 29.3 Å². The monoisotopic (exact) mass is 369 g/mol. The predicted molar refractivity (Wildman–Crippen MR) is 99.6 cm³/mol. The highest BCUT2D eigenvalue weighted by Crippen LogP contribution is 2.46. The molecule has 0 unspecified atom stereocenters. The molecule has 9 heteroatoms. The molecule has 0 spiro atoms. The van der Waals surface area contributed by atoms with Crippen molar-refractivity contribution < 1.29 is 4.74 Å². The highest BCUT2D eigenvalue weighted by molar-refractivity contribution is 5.43. The molecule has 9 nitrogen and oxygen atoms in total. The van der Waals surface area contributed by atoms with Crippen molar-refractivity contribution in [1.29, 1.82) is 0 Å². The summed E-state index contributed by atoms with van der Waals surface area (Å²) in [7, 11) is 5.41. The number of hydrogen-bond donors (Lipinski definition) is 1. The van der Waals surface area contributed by atoms with Gasteiger partial charge < -0.3 is 10.1 Å². The molecular weight excluding hydrogens is 346 g/mol. The molecule has 27 heavy (non-hydrogen) atoms. The van der Waals surface area contributed by atoms with Crippen LogP contribution < -0.4 is 15.6 Å². The zero-order valence-corrected chi connectivity index (χ0v) is 15.7. The smallest absolute Gasteiger partial charge is 0.290 e. The van der Waals surface area contributed by atoms with Crippen LogP contribution in [0.1, 0.15) is 23.7 Å². The highest BCUT2D eigenvalue weighted by atomic mass is 16.5. The third-order valence-electron chi connectivity index (χ3n) is 4.91. The Morgan fingerprint density at radius 1 is 1.22 bits per heavy atom. The highest BCUT2D eigenvalue weighted by Gasteiger charge is 2.40. The van der Waals surface area contributed by atoms with Crippen molar-refractivity contribution in [2.45, 2.75) is 18.9 Å². The third-order valence-corrected chi connectivity index (χ3v) is 4.91. The summed E-state index contributed by atoms with van der Waals surface area (Å²) in [6.07, 6.45) is 4.75. The zero-order chi connectivity index (χ0) is 19.0. The van der Waals surface area contributed by atoms with Gasteiger partial charge in [-0.3, -0.25) is 14.2 Å². The number of hydrogen-bond acceptors (Lipinski definition) is 6. The Kier molecular flexibility index (Phi) is 4.43. The first kappa shape index (κ1) is 17.3. The number of rotatable bonds is 7. The van der Waals surface area contributed by atoms with Crippen LogP contribution in [0.15, 0.2) is 35.4 Å². The average molecular weight is 369 g/mol. The van der Waals surface area contributed by atoms with E-state index in [4.69, 9.17) is 4.74 Å². The summed E-state index contributed by atoms with van der Waals surface area (Å²) in [4.78, 5) is 12.3. The minimum absolute atomic E-state index is 0.192. The van der Waals surface area contributed by atoms with Crippen LogP contribution in [-0.2, 0) is 27.7 Å². The summed E-state index contributed by atoms with van der Waals surface area (Å²) in [5.41, 5.74) is 2.36. The van der Waals surface area contributed by atoms with Gasteiger partial charge in [-0.15, -0.1) is 5.10 Å². The first-order chi connectivity index (χ1) is 13.0. The van der Waals surface area contributed by atoms with Gasteiger partial charge >= 0.3 is 0 Å². The van der Waals surface area contributed by atoms with Crippen LogP contribution in [-0.4, -0.2) is 35.9 Å². The van der Waals surface area contributed by atoms with Crippen LogP contribution in [0.2, 0.25) is 0 Å². The first-order valence-corrected chi connectivity index (χ1v) is 8.92. The SMILES string of the molecule is Cn1ccc([C@H]2C[C@@H]2COc2cc(NCc3ccnn3C)c(=O)n(C)n2)n1. The number of nitrogens with zero attached hydrogens (tertiary/aromatic N) is 6. The Morgan fingerprint density at radius 2 is 2.07 bits per heavy atom. The van der Waals surface area contributed by atoms with Gasteiger partial charge in [-0.25, -0.2) is 4.68 Å². The summed E-state index contributed by atoms with van der Waals surface area (Å²) in [6.45, 7) is 1.06. The van der Waals surface area contributed by atoms with Gasteiger partial charge in [0.25, 0.3) is 5.56 Å². The summed E-state index contributed by atoms with van der Waals surface area (Å²) in [6, 6.07) is 5.62. The Labute approximate surface area is 156 Å². The zero-order valence-electron chi connectivity index (χ0n) is 15.7. The van der Waals surface area contributed by atoms with E-state index in [1.165, 1.54) is 4.68 Å². The van der Waals surface area contributed by atoms with E-state index in [1.807, 2.05) is 31.0 Å². The largest absolute Gasteiger partial charge is 0.476 e. The lowest BCUT2D eigenvalue weighted by Crippen LogP contribution is -2.24. The summed E-state index contributed by atoms with van der Waals surface area (Å²) >= 11 is 0. The Hall–Kier alpha value is -3.10. The van der Waals surface area contributed by atoms with Crippen LogP contribution in [0.4, 0.5) is 5.69 Å². The third kappa shape index (κ3) is 3.71. The minimum atomic E-state index is -0.192. The van der Waals surface area contributed by atoms with Gasteiger partial charge in [0.1, 0.15) is 5.69 Å². The minimum Gasteiger partial charge on any atom is -0.476 e. The second-order valence-electron chi connectivity index (χ2n) is 6.95. The molecule has 1 fully saturated rings. The van der Waals surface area contributed by atoms with Gasteiger partial charge in [-0.2, -0.15) is 10.2 Å². The molecule has 0 amide bonds. The lowest BCUT2D eigenvalue weighted by molar-refractivity contribution is 0.278. The van der Waals surface area contributed by atoms with E-state index in [1.54, 1.807) is 24.0 Å². The molecule has 2 atom stereocenters. The molecule has 1 saturated carbocycles. The average Bonchev–Trinajstić information content (AvgIpc) is 3.10. The quantitative estimate of drug-likeness (QED) is 0.669. The van der Waals surface area contributed by atoms with Crippen LogP contribution >= 0.6 is 0 Å². The summed E-state index contributed by atoms with van der Waals surface area (Å²) in [5.74, 6) is 1.32. The molecular formula is C18H23N7O2. The van der Waals surface area contributed by atoms with Gasteiger partial charge in [0.2, 0.25) is 5.88 Å². The molecule has 3 aromatic rings. The van der Waals surface area contributed by atoms with Crippen molar-refractivity contribution in [3.05, 3.63) is 52.3 Å². The maximum absolute atomic E-state index is 12.3. The summed E-state index contributed by atoms with van der Waals surface area (Å²) in [5, 5.41) is 15.9. The van der Waals surface area contributed by atoms with E-state index in [0.717, 1.165) is 17.8 Å². The molecule has 4 rings (SSSR count). The van der Waals surface area contributed by atoms with E-state index in [9.17, 15) is 4.79 Å². The topological polar surface area (TPSA) is 91.8 Å². The van der Waals surface area contributed by atoms with E-state index >= 15 is 0 Å². The molecule has 0 radical (unpaired) electrons. The molecule has 0 saturated heterocycles. The lowest BCUT2D eigenvalue weighted by atomic mass is 10.2. The normalized spacial score (nSPS) is 18.5. The Morgan fingerprint density at radius 3 is 2.78 bits per heavy atom. The fourth-order valence-corrected chi connectivity index (χ4v) is 3.16. The lowest BCUT2D eigenvalue weighted by Gasteiger charge is -2.10. The number of aromatic nitrogens is 6. The molecule has 3 heterocycles. The van der Waals surface area contributed by atoms with Crippen molar-refractivity contribution in [2.24, 2.45) is 27.1 Å².